The molecule has 2 aromatic carbocycles. The second kappa shape index (κ2) is 19.2. The third-order valence-corrected chi connectivity index (χ3v) is 7.33. The van der Waals surface area contributed by atoms with Crippen molar-refractivity contribution in [2.45, 2.75) is 71.1 Å². The maximum absolute atomic E-state index is 11.0. The van der Waals surface area contributed by atoms with E-state index in [0.717, 1.165) is 82.3 Å². The van der Waals surface area contributed by atoms with Crippen LogP contribution in [0.4, 0.5) is 0 Å². The molecule has 0 heterocycles. The Bertz CT molecular complexity index is 1250. The minimum atomic E-state index is -0.361. The molecule has 1 aliphatic rings. The number of carbonyl (C=O) groups excluding carboxylic acids is 2. The van der Waals surface area contributed by atoms with Crippen LogP contribution in [0.15, 0.2) is 85.7 Å². The van der Waals surface area contributed by atoms with Crippen molar-refractivity contribution in [3.8, 4) is 16.9 Å². The van der Waals surface area contributed by atoms with Crippen LogP contribution in [0.25, 0.3) is 16.7 Å². The van der Waals surface area contributed by atoms with Crippen molar-refractivity contribution in [2.75, 3.05) is 26.4 Å². The highest BCUT2D eigenvalue weighted by molar-refractivity contribution is 5.81. The van der Waals surface area contributed by atoms with Crippen molar-refractivity contribution in [1.82, 2.24) is 0 Å². The molecule has 43 heavy (non-hydrogen) atoms. The van der Waals surface area contributed by atoms with Gasteiger partial charge in [-0.25, -0.2) is 9.59 Å². The number of allylic oxidation sites excluding steroid dienone is 4. The summed E-state index contributed by atoms with van der Waals surface area (Å²) in [4.78, 5) is 22.1. The standard InChI is InChI=1S/C37H46O6/c1-4-36(38)42-26-12-8-6-10-24-40-33-19-14-30(15-20-33)32-18-23-35(29(3)28-32)31-16-21-34(22-17-31)41-25-11-7-9-13-27-43-37(39)5-2/h4-5,14,16-19,21-23,28H,1-2,6-13,15,20,24-27H2,3H3. The van der Waals surface area contributed by atoms with Gasteiger partial charge >= 0.3 is 11.9 Å². The molecule has 0 bridgehead atoms. The van der Waals surface area contributed by atoms with E-state index in [1.807, 2.05) is 12.1 Å². The number of hydrogen-bond donors (Lipinski definition) is 0. The van der Waals surface area contributed by atoms with Crippen molar-refractivity contribution in [3.63, 3.8) is 0 Å². The summed E-state index contributed by atoms with van der Waals surface area (Å²) in [5.41, 5.74) is 6.24. The predicted molar refractivity (Wildman–Crippen MR) is 173 cm³/mol. The molecule has 0 unspecified atom stereocenters. The molecule has 0 N–H and O–H groups in total. The Morgan fingerprint density at radius 3 is 1.77 bits per heavy atom. The Kier molecular flexibility index (Phi) is 14.9. The number of esters is 2. The van der Waals surface area contributed by atoms with Crippen molar-refractivity contribution in [3.05, 3.63) is 96.8 Å². The quantitative estimate of drug-likeness (QED) is 0.0878. The summed E-state index contributed by atoms with van der Waals surface area (Å²) in [6.45, 7) is 11.2. The summed E-state index contributed by atoms with van der Waals surface area (Å²) < 4.78 is 21.9. The number of carbonyl (C=O) groups is 2. The normalized spacial score (nSPS) is 12.5. The highest BCUT2D eigenvalue weighted by Gasteiger charge is 2.11. The van der Waals surface area contributed by atoms with E-state index < -0.39 is 0 Å². The first-order chi connectivity index (χ1) is 21.0. The van der Waals surface area contributed by atoms with Gasteiger partial charge in [0.2, 0.25) is 0 Å². The van der Waals surface area contributed by atoms with Crippen LogP contribution >= 0.6 is 0 Å². The molecule has 2 aromatic rings. The van der Waals surface area contributed by atoms with Gasteiger partial charge in [-0.3, -0.25) is 0 Å². The molecule has 6 nitrogen and oxygen atoms in total. The summed E-state index contributed by atoms with van der Waals surface area (Å²) in [5, 5.41) is 0. The van der Waals surface area contributed by atoms with E-state index in [2.05, 4.69) is 62.6 Å². The average Bonchev–Trinajstić information content (AvgIpc) is 3.03. The molecule has 1 aliphatic carbocycles. The largest absolute Gasteiger partial charge is 0.498 e. The van der Waals surface area contributed by atoms with Crippen LogP contribution in [-0.2, 0) is 23.8 Å². The lowest BCUT2D eigenvalue weighted by atomic mass is 9.92. The SMILES string of the molecule is C=CC(=O)OCCCCCCOC1=CC=C(c2ccc(-c3ccc(OCCCCCCOC(=O)C=C)cc3)c(C)c2)CC1. The third-order valence-electron chi connectivity index (χ3n) is 7.33. The van der Waals surface area contributed by atoms with E-state index in [-0.39, 0.29) is 11.9 Å². The topological polar surface area (TPSA) is 71.1 Å². The average molecular weight is 587 g/mol. The van der Waals surface area contributed by atoms with Crippen molar-refractivity contribution < 1.29 is 28.5 Å². The molecule has 0 amide bonds. The number of benzene rings is 2. The van der Waals surface area contributed by atoms with Gasteiger partial charge in [0.05, 0.1) is 32.2 Å². The molecule has 230 valence electrons. The van der Waals surface area contributed by atoms with Gasteiger partial charge in [0.25, 0.3) is 0 Å². The van der Waals surface area contributed by atoms with Crippen LogP contribution in [0.5, 0.6) is 5.75 Å². The highest BCUT2D eigenvalue weighted by Crippen LogP contribution is 2.32. The molecule has 0 radical (unpaired) electrons. The van der Waals surface area contributed by atoms with E-state index in [1.165, 1.54) is 40.0 Å². The smallest absolute Gasteiger partial charge is 0.330 e. The zero-order chi connectivity index (χ0) is 30.7. The Morgan fingerprint density at radius 1 is 0.674 bits per heavy atom. The molecular weight excluding hydrogens is 540 g/mol. The van der Waals surface area contributed by atoms with Gasteiger partial charge in [-0.2, -0.15) is 0 Å². The second-order valence-corrected chi connectivity index (χ2v) is 10.6. The van der Waals surface area contributed by atoms with Crippen molar-refractivity contribution >= 4 is 17.5 Å². The highest BCUT2D eigenvalue weighted by atomic mass is 16.5. The molecular formula is C37H46O6. The van der Waals surface area contributed by atoms with Gasteiger partial charge in [-0.15, -0.1) is 0 Å². The summed E-state index contributed by atoms with van der Waals surface area (Å²) in [5.74, 6) is 1.21. The summed E-state index contributed by atoms with van der Waals surface area (Å²) >= 11 is 0. The van der Waals surface area contributed by atoms with Gasteiger partial charge < -0.3 is 18.9 Å². The Hall–Kier alpha value is -4.06. The summed E-state index contributed by atoms with van der Waals surface area (Å²) in [6.07, 6.45) is 16.4. The molecule has 0 saturated heterocycles. The minimum absolute atomic E-state index is 0.356. The van der Waals surface area contributed by atoms with Gasteiger partial charge in [0.15, 0.2) is 0 Å². The van der Waals surface area contributed by atoms with E-state index in [9.17, 15) is 9.59 Å². The fourth-order valence-corrected chi connectivity index (χ4v) is 4.87. The van der Waals surface area contributed by atoms with E-state index in [1.54, 1.807) is 0 Å². The molecule has 0 aliphatic heterocycles. The van der Waals surface area contributed by atoms with Crippen LogP contribution in [-0.4, -0.2) is 38.4 Å². The number of aryl methyl sites for hydroxylation is 1. The summed E-state index contributed by atoms with van der Waals surface area (Å²) in [7, 11) is 0. The summed E-state index contributed by atoms with van der Waals surface area (Å²) in [6, 6.07) is 15.0. The first-order valence-corrected chi connectivity index (χ1v) is 15.5. The van der Waals surface area contributed by atoms with Crippen LogP contribution in [0.1, 0.15) is 75.3 Å². The maximum Gasteiger partial charge on any atom is 0.330 e. The van der Waals surface area contributed by atoms with Crippen LogP contribution < -0.4 is 4.74 Å². The Labute approximate surface area is 257 Å². The van der Waals surface area contributed by atoms with E-state index in [4.69, 9.17) is 18.9 Å². The molecule has 0 saturated carbocycles. The Balaban J connectivity index is 1.37. The fourth-order valence-electron chi connectivity index (χ4n) is 4.87. The lowest BCUT2D eigenvalue weighted by Crippen LogP contribution is -2.02. The zero-order valence-corrected chi connectivity index (χ0v) is 25.6. The van der Waals surface area contributed by atoms with Crippen LogP contribution in [0.3, 0.4) is 0 Å². The molecule has 0 atom stereocenters. The number of ether oxygens (including phenoxy) is 4. The van der Waals surface area contributed by atoms with Crippen LogP contribution in [0.2, 0.25) is 0 Å². The van der Waals surface area contributed by atoms with E-state index >= 15 is 0 Å². The molecule has 3 rings (SSSR count). The van der Waals surface area contributed by atoms with E-state index in [0.29, 0.717) is 19.8 Å². The molecule has 0 fully saturated rings. The first-order valence-electron chi connectivity index (χ1n) is 15.5. The monoisotopic (exact) mass is 586 g/mol. The zero-order valence-electron chi connectivity index (χ0n) is 25.6. The number of unbranched alkanes of at least 4 members (excludes halogenated alkanes) is 6. The molecule has 6 heteroatoms. The number of rotatable bonds is 20. The van der Waals surface area contributed by atoms with Crippen molar-refractivity contribution in [1.29, 1.82) is 0 Å². The minimum Gasteiger partial charge on any atom is -0.498 e. The van der Waals surface area contributed by atoms with Gasteiger partial charge in [0, 0.05) is 18.6 Å². The van der Waals surface area contributed by atoms with Gasteiger partial charge in [-0.1, -0.05) is 49.6 Å². The fraction of sp³-hybridized carbons (Fsp3) is 0.405. The molecule has 0 spiro atoms. The van der Waals surface area contributed by atoms with Crippen LogP contribution in [0, 0.1) is 6.92 Å². The lowest BCUT2D eigenvalue weighted by molar-refractivity contribution is -0.138. The van der Waals surface area contributed by atoms with Gasteiger partial charge in [-0.05, 0) is 111 Å². The number of hydrogen-bond acceptors (Lipinski definition) is 6. The second-order valence-electron chi connectivity index (χ2n) is 10.6. The molecule has 0 aromatic heterocycles. The predicted octanol–water partition coefficient (Wildman–Crippen LogP) is 8.70. The lowest BCUT2D eigenvalue weighted by Gasteiger charge is -2.17. The Morgan fingerprint density at radius 2 is 1.23 bits per heavy atom. The van der Waals surface area contributed by atoms with Gasteiger partial charge in [0.1, 0.15) is 5.75 Å². The van der Waals surface area contributed by atoms with Crippen molar-refractivity contribution in [2.24, 2.45) is 0 Å². The first kappa shape index (κ1) is 33.4. The maximum atomic E-state index is 11.0. The third kappa shape index (κ3) is 12.4.